The van der Waals surface area contributed by atoms with Crippen molar-refractivity contribution in [3.05, 3.63) is 66.5 Å². The Hall–Kier alpha value is -3.55. The van der Waals surface area contributed by atoms with Crippen LogP contribution in [-0.2, 0) is 6.18 Å². The topological polar surface area (TPSA) is 62.8 Å². The molecule has 142 valence electrons. The first kappa shape index (κ1) is 17.8. The van der Waals surface area contributed by atoms with Crippen molar-refractivity contribution in [2.75, 3.05) is 12.4 Å². The second-order valence-corrected chi connectivity index (χ2v) is 6.09. The molecule has 0 atom stereocenters. The van der Waals surface area contributed by atoms with Gasteiger partial charge in [0.2, 0.25) is 0 Å². The van der Waals surface area contributed by atoms with Gasteiger partial charge in [0.25, 0.3) is 0 Å². The highest BCUT2D eigenvalue weighted by Crippen LogP contribution is 2.35. The van der Waals surface area contributed by atoms with Crippen LogP contribution < -0.4 is 10.1 Å². The number of alkyl halides is 3. The SMILES string of the molecule is COc1ccc(-c2cc3nccnc3[nH]2)cc1Nc1cccc(C(F)(F)F)c1. The summed E-state index contributed by atoms with van der Waals surface area (Å²) in [5.41, 5.74) is 3.11. The number of ether oxygens (including phenoxy) is 1. The monoisotopic (exact) mass is 384 g/mol. The maximum atomic E-state index is 13.0. The van der Waals surface area contributed by atoms with Gasteiger partial charge in [-0.05, 0) is 42.5 Å². The van der Waals surface area contributed by atoms with Crippen molar-refractivity contribution in [3.63, 3.8) is 0 Å². The summed E-state index contributed by atoms with van der Waals surface area (Å²) in [6.07, 6.45) is -1.21. The second kappa shape index (κ2) is 6.88. The number of rotatable bonds is 4. The van der Waals surface area contributed by atoms with E-state index in [1.165, 1.54) is 13.2 Å². The molecule has 2 N–H and O–H groups in total. The Labute approximate surface area is 158 Å². The van der Waals surface area contributed by atoms with Crippen LogP contribution in [0, 0.1) is 0 Å². The third-order valence-corrected chi connectivity index (χ3v) is 4.24. The molecule has 2 heterocycles. The van der Waals surface area contributed by atoms with Crippen molar-refractivity contribution in [2.24, 2.45) is 0 Å². The minimum absolute atomic E-state index is 0.310. The average Bonchev–Trinajstić information content (AvgIpc) is 3.12. The smallest absolute Gasteiger partial charge is 0.416 e. The quantitative estimate of drug-likeness (QED) is 0.495. The Kier molecular flexibility index (Phi) is 4.38. The largest absolute Gasteiger partial charge is 0.495 e. The molecule has 0 spiro atoms. The zero-order chi connectivity index (χ0) is 19.7. The van der Waals surface area contributed by atoms with Crippen molar-refractivity contribution in [3.8, 4) is 17.0 Å². The third kappa shape index (κ3) is 3.48. The van der Waals surface area contributed by atoms with Crippen LogP contribution in [0.2, 0.25) is 0 Å². The highest BCUT2D eigenvalue weighted by atomic mass is 19.4. The molecular formula is C20H15F3N4O. The van der Waals surface area contributed by atoms with Crippen LogP contribution in [0.4, 0.5) is 24.5 Å². The van der Waals surface area contributed by atoms with Crippen molar-refractivity contribution >= 4 is 22.5 Å². The number of nitrogens with one attached hydrogen (secondary N) is 2. The van der Waals surface area contributed by atoms with Crippen LogP contribution in [0.25, 0.3) is 22.4 Å². The second-order valence-electron chi connectivity index (χ2n) is 6.09. The third-order valence-electron chi connectivity index (χ3n) is 4.24. The van der Waals surface area contributed by atoms with E-state index in [0.29, 0.717) is 22.8 Å². The molecule has 0 saturated carbocycles. The van der Waals surface area contributed by atoms with Gasteiger partial charge in [0.15, 0.2) is 5.65 Å². The van der Waals surface area contributed by atoms with Crippen LogP contribution in [0.1, 0.15) is 5.56 Å². The summed E-state index contributed by atoms with van der Waals surface area (Å²) < 4.78 is 44.3. The Morgan fingerprint density at radius 1 is 1.00 bits per heavy atom. The molecule has 0 bridgehead atoms. The number of hydrogen-bond acceptors (Lipinski definition) is 4. The number of aromatic amines is 1. The lowest BCUT2D eigenvalue weighted by molar-refractivity contribution is -0.137. The first-order valence-electron chi connectivity index (χ1n) is 8.36. The van der Waals surface area contributed by atoms with E-state index >= 15 is 0 Å². The zero-order valence-electron chi connectivity index (χ0n) is 14.7. The Balaban J connectivity index is 1.71. The van der Waals surface area contributed by atoms with E-state index in [1.54, 1.807) is 30.6 Å². The Morgan fingerprint density at radius 2 is 1.82 bits per heavy atom. The van der Waals surface area contributed by atoms with Gasteiger partial charge >= 0.3 is 6.18 Å². The van der Waals surface area contributed by atoms with Crippen molar-refractivity contribution in [1.29, 1.82) is 0 Å². The van der Waals surface area contributed by atoms with E-state index in [1.807, 2.05) is 12.1 Å². The lowest BCUT2D eigenvalue weighted by atomic mass is 10.1. The molecule has 0 saturated heterocycles. The van der Waals surface area contributed by atoms with Crippen molar-refractivity contribution in [2.45, 2.75) is 6.18 Å². The molecule has 0 radical (unpaired) electrons. The predicted molar refractivity (Wildman–Crippen MR) is 101 cm³/mol. The molecule has 5 nitrogen and oxygen atoms in total. The van der Waals surface area contributed by atoms with Gasteiger partial charge in [0.1, 0.15) is 11.3 Å². The van der Waals surface area contributed by atoms with Gasteiger partial charge in [0, 0.05) is 29.3 Å². The standard InChI is InChI=1S/C20H15F3N4O/c1-28-18-6-5-12(15-11-17-19(27-15)25-8-7-24-17)9-16(18)26-14-4-2-3-13(10-14)20(21,22)23/h2-11,26H,1H3,(H,25,27). The number of H-pyrrole nitrogens is 1. The molecule has 0 unspecified atom stereocenters. The molecule has 4 aromatic rings. The van der Waals surface area contributed by atoms with Gasteiger partial charge in [-0.3, -0.25) is 4.98 Å². The molecule has 2 aromatic carbocycles. The van der Waals surface area contributed by atoms with E-state index < -0.39 is 11.7 Å². The molecular weight excluding hydrogens is 369 g/mol. The van der Waals surface area contributed by atoms with E-state index in [0.717, 1.165) is 28.9 Å². The fraction of sp³-hybridized carbons (Fsp3) is 0.100. The van der Waals surface area contributed by atoms with E-state index in [2.05, 4.69) is 20.3 Å². The number of nitrogens with zero attached hydrogens (tertiary/aromatic N) is 2. The summed E-state index contributed by atoms with van der Waals surface area (Å²) in [6, 6.07) is 12.3. The molecule has 0 aliphatic rings. The summed E-state index contributed by atoms with van der Waals surface area (Å²) in [5, 5.41) is 3.01. The Bertz CT molecular complexity index is 1100. The minimum Gasteiger partial charge on any atom is -0.495 e. The summed E-state index contributed by atoms with van der Waals surface area (Å²) >= 11 is 0. The normalized spacial score (nSPS) is 11.6. The van der Waals surface area contributed by atoms with E-state index in [9.17, 15) is 13.2 Å². The van der Waals surface area contributed by atoms with Crippen LogP contribution in [-0.4, -0.2) is 22.1 Å². The average molecular weight is 384 g/mol. The number of halogens is 3. The molecule has 0 aliphatic carbocycles. The van der Waals surface area contributed by atoms with Crippen LogP contribution >= 0.6 is 0 Å². The minimum atomic E-state index is -4.41. The van der Waals surface area contributed by atoms with Crippen LogP contribution in [0.3, 0.4) is 0 Å². The highest BCUT2D eigenvalue weighted by molar-refractivity contribution is 5.82. The number of fused-ring (bicyclic) bond motifs is 1. The van der Waals surface area contributed by atoms with Gasteiger partial charge in [-0.1, -0.05) is 6.07 Å². The predicted octanol–water partition coefficient (Wildman–Crippen LogP) is 5.40. The van der Waals surface area contributed by atoms with Gasteiger partial charge in [-0.25, -0.2) is 4.98 Å². The first-order chi connectivity index (χ1) is 13.4. The summed E-state index contributed by atoms with van der Waals surface area (Å²) in [5.74, 6) is 0.508. The van der Waals surface area contributed by atoms with Crippen LogP contribution in [0.15, 0.2) is 60.9 Å². The molecule has 2 aromatic heterocycles. The van der Waals surface area contributed by atoms with Gasteiger partial charge in [0.05, 0.1) is 18.4 Å². The molecule has 8 heteroatoms. The highest BCUT2D eigenvalue weighted by Gasteiger charge is 2.30. The summed E-state index contributed by atoms with van der Waals surface area (Å²) in [7, 11) is 1.50. The number of benzene rings is 2. The maximum absolute atomic E-state index is 13.0. The zero-order valence-corrected chi connectivity index (χ0v) is 14.7. The summed E-state index contributed by atoms with van der Waals surface area (Å²) in [6.45, 7) is 0. The molecule has 0 aliphatic heterocycles. The maximum Gasteiger partial charge on any atom is 0.416 e. The van der Waals surface area contributed by atoms with E-state index in [-0.39, 0.29) is 0 Å². The molecule has 28 heavy (non-hydrogen) atoms. The fourth-order valence-electron chi connectivity index (χ4n) is 2.91. The fourth-order valence-corrected chi connectivity index (χ4v) is 2.91. The summed E-state index contributed by atoms with van der Waals surface area (Å²) in [4.78, 5) is 11.6. The van der Waals surface area contributed by atoms with Gasteiger partial charge in [-0.15, -0.1) is 0 Å². The van der Waals surface area contributed by atoms with Crippen molar-refractivity contribution in [1.82, 2.24) is 15.0 Å². The molecule has 0 amide bonds. The van der Waals surface area contributed by atoms with Crippen molar-refractivity contribution < 1.29 is 17.9 Å². The lowest BCUT2D eigenvalue weighted by Gasteiger charge is -2.14. The number of aromatic nitrogens is 3. The van der Waals surface area contributed by atoms with Gasteiger partial charge < -0.3 is 15.0 Å². The lowest BCUT2D eigenvalue weighted by Crippen LogP contribution is -2.05. The molecule has 0 fully saturated rings. The molecule has 4 rings (SSSR count). The van der Waals surface area contributed by atoms with Gasteiger partial charge in [-0.2, -0.15) is 13.2 Å². The number of anilines is 2. The van der Waals surface area contributed by atoms with Crippen LogP contribution in [0.5, 0.6) is 5.75 Å². The van der Waals surface area contributed by atoms with E-state index in [4.69, 9.17) is 4.74 Å². The Morgan fingerprint density at radius 3 is 2.57 bits per heavy atom. The number of hydrogen-bond donors (Lipinski definition) is 2. The number of methoxy groups -OCH3 is 1. The first-order valence-corrected chi connectivity index (χ1v) is 8.36.